The lowest BCUT2D eigenvalue weighted by Gasteiger charge is -2.09. The SMILES string of the molecule is CC(C)COc1ccc(-c2ccc(C(=O)O)s2)cc1[N+](=O)[O-]. The van der Waals surface area contributed by atoms with E-state index in [1.807, 2.05) is 13.8 Å². The molecule has 0 atom stereocenters. The van der Waals surface area contributed by atoms with Gasteiger partial charge in [0.15, 0.2) is 5.75 Å². The minimum Gasteiger partial charge on any atom is -0.487 e. The number of carbonyl (C=O) groups is 1. The molecule has 1 N–H and O–H groups in total. The number of ether oxygens (including phenoxy) is 1. The van der Waals surface area contributed by atoms with Crippen molar-refractivity contribution in [2.45, 2.75) is 13.8 Å². The van der Waals surface area contributed by atoms with E-state index in [4.69, 9.17) is 9.84 Å². The zero-order valence-electron chi connectivity index (χ0n) is 12.1. The molecular weight excluding hydrogens is 306 g/mol. The van der Waals surface area contributed by atoms with Crippen molar-refractivity contribution < 1.29 is 19.6 Å². The van der Waals surface area contributed by atoms with Crippen molar-refractivity contribution in [2.24, 2.45) is 5.92 Å². The van der Waals surface area contributed by atoms with Gasteiger partial charge in [-0.25, -0.2) is 4.79 Å². The Morgan fingerprint density at radius 1 is 1.36 bits per heavy atom. The van der Waals surface area contributed by atoms with Crippen LogP contribution in [0.2, 0.25) is 0 Å². The fourth-order valence-electron chi connectivity index (χ4n) is 1.80. The Morgan fingerprint density at radius 2 is 2.09 bits per heavy atom. The Kier molecular flexibility index (Phi) is 4.77. The summed E-state index contributed by atoms with van der Waals surface area (Å²) in [4.78, 5) is 22.5. The fraction of sp³-hybridized carbons (Fsp3) is 0.267. The lowest BCUT2D eigenvalue weighted by molar-refractivity contribution is -0.385. The molecule has 0 fully saturated rings. The van der Waals surface area contributed by atoms with Crippen LogP contribution in [-0.2, 0) is 0 Å². The Labute approximate surface area is 131 Å². The average molecular weight is 321 g/mol. The highest BCUT2D eigenvalue weighted by Crippen LogP contribution is 2.35. The quantitative estimate of drug-likeness (QED) is 0.640. The molecule has 7 heteroatoms. The number of carboxylic acids is 1. The van der Waals surface area contributed by atoms with E-state index in [9.17, 15) is 14.9 Å². The molecular formula is C15H15NO5S. The molecule has 22 heavy (non-hydrogen) atoms. The Morgan fingerprint density at radius 3 is 2.64 bits per heavy atom. The molecule has 6 nitrogen and oxygen atoms in total. The van der Waals surface area contributed by atoms with Crippen LogP contribution in [0.15, 0.2) is 30.3 Å². The lowest BCUT2D eigenvalue weighted by Crippen LogP contribution is -2.06. The predicted octanol–water partition coefficient (Wildman–Crippen LogP) is 4.06. The van der Waals surface area contributed by atoms with Crippen molar-refractivity contribution >= 4 is 23.0 Å². The largest absolute Gasteiger partial charge is 0.487 e. The maximum atomic E-state index is 11.2. The first-order valence-corrected chi connectivity index (χ1v) is 7.45. The van der Waals surface area contributed by atoms with E-state index >= 15 is 0 Å². The van der Waals surface area contributed by atoms with Crippen LogP contribution in [0.25, 0.3) is 10.4 Å². The van der Waals surface area contributed by atoms with Gasteiger partial charge in [-0.15, -0.1) is 11.3 Å². The van der Waals surface area contributed by atoms with Gasteiger partial charge in [-0.2, -0.15) is 0 Å². The van der Waals surface area contributed by atoms with E-state index in [-0.39, 0.29) is 22.2 Å². The van der Waals surface area contributed by atoms with Crippen LogP contribution in [0.4, 0.5) is 5.69 Å². The van der Waals surface area contributed by atoms with E-state index in [0.29, 0.717) is 17.0 Å². The molecule has 0 spiro atoms. The molecule has 116 valence electrons. The van der Waals surface area contributed by atoms with Gasteiger partial charge >= 0.3 is 11.7 Å². The monoisotopic (exact) mass is 321 g/mol. The number of thiophene rings is 1. The van der Waals surface area contributed by atoms with Crippen molar-refractivity contribution in [1.82, 2.24) is 0 Å². The third kappa shape index (κ3) is 3.62. The Bertz CT molecular complexity index is 708. The summed E-state index contributed by atoms with van der Waals surface area (Å²) < 4.78 is 5.46. The van der Waals surface area contributed by atoms with Crippen molar-refractivity contribution in [3.05, 3.63) is 45.3 Å². The average Bonchev–Trinajstić information content (AvgIpc) is 2.94. The molecule has 1 heterocycles. The number of hydrogen-bond donors (Lipinski definition) is 1. The molecule has 1 aromatic heterocycles. The van der Waals surface area contributed by atoms with Gasteiger partial charge in [-0.3, -0.25) is 10.1 Å². The fourth-order valence-corrected chi connectivity index (χ4v) is 2.64. The second-order valence-electron chi connectivity index (χ2n) is 5.11. The number of aromatic carboxylic acids is 1. The van der Waals surface area contributed by atoms with Crippen molar-refractivity contribution in [2.75, 3.05) is 6.61 Å². The molecule has 0 saturated heterocycles. The number of nitro groups is 1. The normalized spacial score (nSPS) is 10.7. The first kappa shape index (κ1) is 16.0. The molecule has 0 aliphatic heterocycles. The zero-order chi connectivity index (χ0) is 16.3. The van der Waals surface area contributed by atoms with Gasteiger partial charge in [0, 0.05) is 10.9 Å². The molecule has 0 amide bonds. The smallest absolute Gasteiger partial charge is 0.345 e. The summed E-state index contributed by atoms with van der Waals surface area (Å²) in [5, 5.41) is 20.1. The van der Waals surface area contributed by atoms with Crippen molar-refractivity contribution in [1.29, 1.82) is 0 Å². The second-order valence-corrected chi connectivity index (χ2v) is 6.20. The molecule has 1 aromatic carbocycles. The standard InChI is InChI=1S/C15H15NO5S/c1-9(2)8-21-12-4-3-10(7-11(12)16(19)20)13-5-6-14(22-13)15(17)18/h3-7,9H,8H2,1-2H3,(H,17,18). The number of nitro benzene ring substituents is 1. The lowest BCUT2D eigenvalue weighted by atomic mass is 10.1. The van der Waals surface area contributed by atoms with Gasteiger partial charge in [-0.1, -0.05) is 13.8 Å². The third-order valence-corrected chi connectivity index (χ3v) is 3.95. The highest BCUT2D eigenvalue weighted by atomic mass is 32.1. The minimum absolute atomic E-state index is 0.122. The molecule has 0 unspecified atom stereocenters. The summed E-state index contributed by atoms with van der Waals surface area (Å²) >= 11 is 1.08. The van der Waals surface area contributed by atoms with Crippen LogP contribution in [0.1, 0.15) is 23.5 Å². The summed E-state index contributed by atoms with van der Waals surface area (Å²) in [5.74, 6) is -0.533. The van der Waals surface area contributed by atoms with Crippen LogP contribution in [0.5, 0.6) is 5.75 Å². The summed E-state index contributed by atoms with van der Waals surface area (Å²) in [5.41, 5.74) is 0.476. The molecule has 0 aliphatic rings. The first-order valence-electron chi connectivity index (χ1n) is 6.63. The number of rotatable bonds is 6. The van der Waals surface area contributed by atoms with Crippen LogP contribution in [0.3, 0.4) is 0 Å². The summed E-state index contributed by atoms with van der Waals surface area (Å²) in [6, 6.07) is 7.78. The molecule has 0 radical (unpaired) electrons. The van der Waals surface area contributed by atoms with Gasteiger partial charge < -0.3 is 9.84 Å². The van der Waals surface area contributed by atoms with Gasteiger partial charge in [-0.05, 0) is 35.7 Å². The van der Waals surface area contributed by atoms with Crippen LogP contribution in [0, 0.1) is 16.0 Å². The maximum absolute atomic E-state index is 11.2. The summed E-state index contributed by atoms with van der Waals surface area (Å²) in [6.45, 7) is 4.31. The number of hydrogen-bond acceptors (Lipinski definition) is 5. The van der Waals surface area contributed by atoms with Crippen molar-refractivity contribution in [3.63, 3.8) is 0 Å². The van der Waals surface area contributed by atoms with E-state index in [0.717, 1.165) is 11.3 Å². The molecule has 0 saturated carbocycles. The second kappa shape index (κ2) is 6.57. The molecule has 0 bridgehead atoms. The number of nitrogens with zero attached hydrogens (tertiary/aromatic N) is 1. The predicted molar refractivity (Wildman–Crippen MR) is 83.7 cm³/mol. The van der Waals surface area contributed by atoms with E-state index in [1.54, 1.807) is 18.2 Å². The minimum atomic E-state index is -1.01. The number of benzene rings is 1. The topological polar surface area (TPSA) is 89.7 Å². The molecule has 2 rings (SSSR count). The van der Waals surface area contributed by atoms with Crippen LogP contribution >= 0.6 is 11.3 Å². The van der Waals surface area contributed by atoms with Gasteiger partial charge in [0.1, 0.15) is 4.88 Å². The van der Waals surface area contributed by atoms with E-state index in [1.165, 1.54) is 12.1 Å². The summed E-state index contributed by atoms with van der Waals surface area (Å²) in [7, 11) is 0. The third-order valence-electron chi connectivity index (χ3n) is 2.83. The molecule has 2 aromatic rings. The van der Waals surface area contributed by atoms with Gasteiger partial charge in [0.05, 0.1) is 11.5 Å². The van der Waals surface area contributed by atoms with Crippen LogP contribution < -0.4 is 4.74 Å². The van der Waals surface area contributed by atoms with Crippen molar-refractivity contribution in [3.8, 4) is 16.2 Å². The van der Waals surface area contributed by atoms with E-state index in [2.05, 4.69) is 0 Å². The maximum Gasteiger partial charge on any atom is 0.345 e. The Balaban J connectivity index is 2.35. The summed E-state index contributed by atoms with van der Waals surface area (Å²) in [6.07, 6.45) is 0. The van der Waals surface area contributed by atoms with Gasteiger partial charge in [0.2, 0.25) is 0 Å². The van der Waals surface area contributed by atoms with E-state index < -0.39 is 10.9 Å². The zero-order valence-corrected chi connectivity index (χ0v) is 12.9. The molecule has 0 aliphatic carbocycles. The van der Waals surface area contributed by atoms with Crippen LogP contribution in [-0.4, -0.2) is 22.6 Å². The Hall–Kier alpha value is -2.41. The first-order chi connectivity index (χ1) is 10.4. The number of carboxylic acid groups (broad SMARTS) is 1. The highest BCUT2D eigenvalue weighted by molar-refractivity contribution is 7.17. The highest BCUT2D eigenvalue weighted by Gasteiger charge is 2.18. The van der Waals surface area contributed by atoms with Gasteiger partial charge in [0.25, 0.3) is 0 Å².